The summed E-state index contributed by atoms with van der Waals surface area (Å²) in [5.41, 5.74) is 4.23. The number of nitrogens with one attached hydrogen (secondary N) is 1. The van der Waals surface area contributed by atoms with Crippen molar-refractivity contribution in [2.45, 2.75) is 24.9 Å². The van der Waals surface area contributed by atoms with Crippen molar-refractivity contribution in [3.8, 4) is 11.1 Å². The van der Waals surface area contributed by atoms with Crippen LogP contribution in [-0.2, 0) is 11.2 Å². The van der Waals surface area contributed by atoms with E-state index in [0.717, 1.165) is 28.8 Å². The van der Waals surface area contributed by atoms with Crippen molar-refractivity contribution in [2.24, 2.45) is 5.92 Å². The van der Waals surface area contributed by atoms with Crippen molar-refractivity contribution in [3.63, 3.8) is 0 Å². The highest BCUT2D eigenvalue weighted by Crippen LogP contribution is 2.47. The Morgan fingerprint density at radius 1 is 1.06 bits per heavy atom. The van der Waals surface area contributed by atoms with Gasteiger partial charge >= 0.3 is 0 Å². The second kappa shape index (κ2) is 8.16. The van der Waals surface area contributed by atoms with Gasteiger partial charge in [-0.1, -0.05) is 54.6 Å². The maximum Gasteiger partial charge on any atom is 0.227 e. The van der Waals surface area contributed by atoms with Gasteiger partial charge in [0, 0.05) is 23.7 Å². The number of carbonyl (C=O) groups excluding carboxylic acids is 1. The molecule has 31 heavy (non-hydrogen) atoms. The summed E-state index contributed by atoms with van der Waals surface area (Å²) in [4.78, 5) is 15.2. The van der Waals surface area contributed by atoms with Crippen LogP contribution in [0.15, 0.2) is 72.8 Å². The summed E-state index contributed by atoms with van der Waals surface area (Å²) in [7, 11) is 0. The number of fused-ring (bicyclic) bond motifs is 3. The van der Waals surface area contributed by atoms with Gasteiger partial charge in [-0.25, -0.2) is 4.39 Å². The Hall–Kier alpha value is -3.18. The highest BCUT2D eigenvalue weighted by atomic mass is 19.1. The maximum atomic E-state index is 14.4. The van der Waals surface area contributed by atoms with Gasteiger partial charge in [0.15, 0.2) is 0 Å². The van der Waals surface area contributed by atoms with Gasteiger partial charge in [0.2, 0.25) is 5.91 Å². The Kier molecular flexibility index (Phi) is 5.20. The molecule has 2 aliphatic heterocycles. The van der Waals surface area contributed by atoms with Crippen LogP contribution in [0.2, 0.25) is 0 Å². The molecule has 5 rings (SSSR count). The Morgan fingerprint density at radius 3 is 2.61 bits per heavy atom. The maximum absolute atomic E-state index is 14.4. The first kappa shape index (κ1) is 19.8. The lowest BCUT2D eigenvalue weighted by Gasteiger charge is -2.39. The fraction of sp³-hybridized carbons (Fsp3) is 0.269. The number of hydrogen-bond acceptors (Lipinski definition) is 3. The largest absolute Gasteiger partial charge is 0.394 e. The topological polar surface area (TPSA) is 52.6 Å². The van der Waals surface area contributed by atoms with Gasteiger partial charge in [0.05, 0.1) is 25.1 Å². The summed E-state index contributed by atoms with van der Waals surface area (Å²) >= 11 is 0. The number of aliphatic hydroxyl groups is 1. The van der Waals surface area contributed by atoms with Crippen molar-refractivity contribution in [2.75, 3.05) is 18.5 Å². The second-order valence-corrected chi connectivity index (χ2v) is 8.36. The van der Waals surface area contributed by atoms with Crippen LogP contribution in [-0.4, -0.2) is 35.1 Å². The number of rotatable bonds is 4. The highest BCUT2D eigenvalue weighted by molar-refractivity contribution is 5.81. The normalized spacial score (nSPS) is 21.9. The lowest BCUT2D eigenvalue weighted by molar-refractivity contribution is -0.131. The van der Waals surface area contributed by atoms with Gasteiger partial charge in [0.25, 0.3) is 0 Å². The SMILES string of the molecule is O=C(Cc1ccccc1)N1CC[C@@H]2[C@H]1c1cc(-c3ccccc3F)ccc1N[C@@H]2CO. The first-order valence-electron chi connectivity index (χ1n) is 10.8. The molecule has 2 aliphatic rings. The number of nitrogens with zero attached hydrogens (tertiary/aromatic N) is 1. The van der Waals surface area contributed by atoms with Gasteiger partial charge in [-0.05, 0) is 41.3 Å². The monoisotopic (exact) mass is 416 g/mol. The van der Waals surface area contributed by atoms with E-state index in [1.165, 1.54) is 6.07 Å². The third kappa shape index (κ3) is 3.59. The molecule has 1 amide bonds. The van der Waals surface area contributed by atoms with Crippen LogP contribution in [0.1, 0.15) is 23.6 Å². The van der Waals surface area contributed by atoms with E-state index >= 15 is 0 Å². The van der Waals surface area contributed by atoms with Crippen LogP contribution in [0.5, 0.6) is 0 Å². The lowest BCUT2D eigenvalue weighted by Crippen LogP contribution is -2.43. The summed E-state index contributed by atoms with van der Waals surface area (Å²) in [6.45, 7) is 0.666. The average Bonchev–Trinajstić information content (AvgIpc) is 3.25. The molecule has 3 aromatic rings. The first-order valence-corrected chi connectivity index (χ1v) is 10.8. The number of aliphatic hydroxyl groups excluding tert-OH is 1. The molecule has 0 aliphatic carbocycles. The highest BCUT2D eigenvalue weighted by Gasteiger charge is 2.45. The molecule has 2 N–H and O–H groups in total. The van der Waals surface area contributed by atoms with Crippen LogP contribution in [0, 0.1) is 11.7 Å². The van der Waals surface area contributed by atoms with Gasteiger partial charge in [0.1, 0.15) is 5.82 Å². The summed E-state index contributed by atoms with van der Waals surface area (Å²) < 4.78 is 14.4. The third-order valence-corrected chi connectivity index (χ3v) is 6.57. The molecular weight excluding hydrogens is 391 g/mol. The third-order valence-electron chi connectivity index (χ3n) is 6.57. The van der Waals surface area contributed by atoms with Gasteiger partial charge < -0.3 is 15.3 Å². The summed E-state index contributed by atoms with van der Waals surface area (Å²) in [5, 5.41) is 13.4. The molecule has 5 heteroatoms. The second-order valence-electron chi connectivity index (χ2n) is 8.36. The molecule has 2 heterocycles. The van der Waals surface area contributed by atoms with E-state index in [1.807, 2.05) is 59.5 Å². The number of halogens is 1. The molecule has 0 unspecified atom stereocenters. The van der Waals surface area contributed by atoms with Crippen molar-refractivity contribution in [1.82, 2.24) is 4.90 Å². The van der Waals surface area contributed by atoms with Crippen LogP contribution in [0.3, 0.4) is 0 Å². The summed E-state index contributed by atoms with van der Waals surface area (Å²) in [6, 6.07) is 22.1. The Bertz CT molecular complexity index is 1100. The van der Waals surface area contributed by atoms with Crippen LogP contribution in [0.4, 0.5) is 10.1 Å². The predicted molar refractivity (Wildman–Crippen MR) is 119 cm³/mol. The molecule has 0 aromatic heterocycles. The van der Waals surface area contributed by atoms with Crippen molar-refractivity contribution in [3.05, 3.63) is 89.7 Å². The molecule has 1 fully saturated rings. The molecule has 0 radical (unpaired) electrons. The minimum absolute atomic E-state index is 0.0103. The number of benzene rings is 3. The van der Waals surface area contributed by atoms with E-state index in [0.29, 0.717) is 18.5 Å². The zero-order valence-electron chi connectivity index (χ0n) is 17.2. The van der Waals surface area contributed by atoms with Crippen LogP contribution in [0.25, 0.3) is 11.1 Å². The number of amides is 1. The standard InChI is InChI=1S/C26H25FN2O2/c27-22-9-5-4-8-19(22)18-10-11-23-21(15-18)26-20(24(16-30)28-23)12-13-29(26)25(31)14-17-6-2-1-3-7-17/h1-11,15,20,24,26,28,30H,12-14,16H2/t20-,24+,26-/m0/s1. The lowest BCUT2D eigenvalue weighted by atomic mass is 9.82. The smallest absolute Gasteiger partial charge is 0.227 e. The Balaban J connectivity index is 1.53. The first-order chi connectivity index (χ1) is 15.2. The molecule has 0 spiro atoms. The minimum Gasteiger partial charge on any atom is -0.394 e. The van der Waals surface area contributed by atoms with E-state index < -0.39 is 0 Å². The van der Waals surface area contributed by atoms with Crippen molar-refractivity contribution in [1.29, 1.82) is 0 Å². The Labute approximate surface area is 181 Å². The quantitative estimate of drug-likeness (QED) is 0.662. The average molecular weight is 416 g/mol. The molecular formula is C26H25FN2O2. The van der Waals surface area contributed by atoms with Gasteiger partial charge in [-0.15, -0.1) is 0 Å². The predicted octanol–water partition coefficient (Wildman–Crippen LogP) is 4.41. The molecule has 4 nitrogen and oxygen atoms in total. The van der Waals surface area contributed by atoms with Crippen LogP contribution >= 0.6 is 0 Å². The van der Waals surface area contributed by atoms with Gasteiger partial charge in [-0.3, -0.25) is 4.79 Å². The van der Waals surface area contributed by atoms with Crippen molar-refractivity contribution < 1.29 is 14.3 Å². The minimum atomic E-state index is -0.264. The Morgan fingerprint density at radius 2 is 1.84 bits per heavy atom. The van der Waals surface area contributed by atoms with Gasteiger partial charge in [-0.2, -0.15) is 0 Å². The van der Waals surface area contributed by atoms with E-state index in [9.17, 15) is 14.3 Å². The number of carbonyl (C=O) groups is 1. The van der Waals surface area contributed by atoms with Crippen molar-refractivity contribution >= 4 is 11.6 Å². The van der Waals surface area contributed by atoms with E-state index in [-0.39, 0.29) is 36.3 Å². The summed E-state index contributed by atoms with van der Waals surface area (Å²) in [5.74, 6) is -0.0629. The molecule has 0 saturated carbocycles. The summed E-state index contributed by atoms with van der Waals surface area (Å²) in [6.07, 6.45) is 1.18. The molecule has 158 valence electrons. The van der Waals surface area contributed by atoms with E-state index in [4.69, 9.17) is 0 Å². The zero-order valence-corrected chi connectivity index (χ0v) is 17.2. The number of anilines is 1. The van der Waals surface area contributed by atoms with E-state index in [2.05, 4.69) is 5.32 Å². The fourth-order valence-electron chi connectivity index (χ4n) is 5.08. The van der Waals surface area contributed by atoms with Crippen LogP contribution < -0.4 is 5.32 Å². The number of hydrogen-bond donors (Lipinski definition) is 2. The fourth-order valence-corrected chi connectivity index (χ4v) is 5.08. The number of likely N-dealkylation sites (tertiary alicyclic amines) is 1. The molecule has 3 atom stereocenters. The molecule has 3 aromatic carbocycles. The molecule has 1 saturated heterocycles. The zero-order chi connectivity index (χ0) is 21.4. The van der Waals surface area contributed by atoms with E-state index in [1.54, 1.807) is 12.1 Å². The molecule has 0 bridgehead atoms.